The van der Waals surface area contributed by atoms with E-state index in [4.69, 9.17) is 16.3 Å². The number of imidazole rings is 1. The van der Waals surface area contributed by atoms with Gasteiger partial charge in [-0.05, 0) is 42.8 Å². The molecule has 1 aliphatic rings. The molecule has 10 nitrogen and oxygen atoms in total. The van der Waals surface area contributed by atoms with Crippen molar-refractivity contribution in [1.82, 2.24) is 19.6 Å². The summed E-state index contributed by atoms with van der Waals surface area (Å²) in [6.45, 7) is 3.02. The second kappa shape index (κ2) is 10.5. The molecule has 1 saturated heterocycles. The van der Waals surface area contributed by atoms with E-state index in [0.29, 0.717) is 33.9 Å². The molecule has 2 N–H and O–H groups in total. The molecule has 1 fully saturated rings. The first-order valence-corrected chi connectivity index (χ1v) is 13.7. The van der Waals surface area contributed by atoms with Crippen LogP contribution >= 0.6 is 22.9 Å². The Labute approximate surface area is 211 Å². The van der Waals surface area contributed by atoms with E-state index in [0.717, 1.165) is 23.2 Å². The topological polar surface area (TPSA) is 123 Å². The van der Waals surface area contributed by atoms with E-state index in [2.05, 4.69) is 15.0 Å². The van der Waals surface area contributed by atoms with Gasteiger partial charge in [-0.15, -0.1) is 11.3 Å². The number of nitrogens with zero attached hydrogens (tertiary/aromatic N) is 3. The number of ether oxygens (including phenoxy) is 1. The zero-order valence-electron chi connectivity index (χ0n) is 19.1. The minimum absolute atomic E-state index is 0.0317. The minimum Gasteiger partial charge on any atom is -0.370 e. The van der Waals surface area contributed by atoms with Crippen molar-refractivity contribution in [3.05, 3.63) is 62.8 Å². The van der Waals surface area contributed by atoms with Crippen LogP contribution in [0.1, 0.15) is 26.8 Å². The fourth-order valence-corrected chi connectivity index (χ4v) is 5.01. The molecule has 2 amide bonds. The smallest absolute Gasteiger partial charge is 0.261 e. The first-order chi connectivity index (χ1) is 16.6. The van der Waals surface area contributed by atoms with Gasteiger partial charge in [0, 0.05) is 24.1 Å². The molecule has 0 saturated carbocycles. The number of anilines is 1. The molecule has 0 atom stereocenters. The fourth-order valence-electron chi connectivity index (χ4n) is 3.66. The number of nitrogens with one attached hydrogen (secondary N) is 2. The van der Waals surface area contributed by atoms with Gasteiger partial charge in [-0.2, -0.15) is 0 Å². The number of rotatable bonds is 8. The number of amides is 2. The predicted octanol–water partition coefficient (Wildman–Crippen LogP) is 2.24. The van der Waals surface area contributed by atoms with E-state index < -0.39 is 10.0 Å². The van der Waals surface area contributed by atoms with Crippen LogP contribution in [0.4, 0.5) is 5.69 Å². The van der Waals surface area contributed by atoms with Gasteiger partial charge in [0.2, 0.25) is 10.0 Å². The second-order valence-electron chi connectivity index (χ2n) is 7.97. The maximum absolute atomic E-state index is 12.4. The number of sulfonamides is 1. The molecule has 186 valence electrons. The number of aromatic nitrogens is 2. The van der Waals surface area contributed by atoms with E-state index in [1.807, 2.05) is 25.1 Å². The van der Waals surface area contributed by atoms with Crippen molar-refractivity contribution in [2.24, 2.45) is 0 Å². The average Bonchev–Trinajstić information content (AvgIpc) is 3.42. The summed E-state index contributed by atoms with van der Waals surface area (Å²) in [4.78, 5) is 31.3. The Balaban J connectivity index is 1.59. The third-order valence-electron chi connectivity index (χ3n) is 5.28. The van der Waals surface area contributed by atoms with E-state index in [1.54, 1.807) is 27.8 Å². The Kier molecular flexibility index (Phi) is 7.57. The van der Waals surface area contributed by atoms with Crippen molar-refractivity contribution in [2.75, 3.05) is 30.9 Å². The van der Waals surface area contributed by atoms with Gasteiger partial charge < -0.3 is 19.5 Å². The maximum atomic E-state index is 12.4. The molecule has 2 aromatic heterocycles. The molecule has 3 aromatic rings. The van der Waals surface area contributed by atoms with Crippen LogP contribution in [0, 0.1) is 6.92 Å². The van der Waals surface area contributed by atoms with Gasteiger partial charge >= 0.3 is 0 Å². The number of carbonyl (C=O) groups excluding carboxylic acids is 2. The van der Waals surface area contributed by atoms with Gasteiger partial charge in [-0.3, -0.25) is 9.59 Å². The zero-order chi connectivity index (χ0) is 25.2. The summed E-state index contributed by atoms with van der Waals surface area (Å²) in [5, 5.41) is 2.80. The molecule has 13 heteroatoms. The Morgan fingerprint density at radius 1 is 1.26 bits per heavy atom. The molecule has 1 aliphatic heterocycles. The number of halogens is 1. The van der Waals surface area contributed by atoms with E-state index >= 15 is 0 Å². The van der Waals surface area contributed by atoms with E-state index in [-0.39, 0.29) is 31.5 Å². The highest BCUT2D eigenvalue weighted by molar-refractivity contribution is 7.88. The first-order valence-electron chi connectivity index (χ1n) is 10.6. The van der Waals surface area contributed by atoms with Crippen LogP contribution in [-0.4, -0.2) is 55.8 Å². The van der Waals surface area contributed by atoms with Crippen LogP contribution in [0.2, 0.25) is 4.34 Å². The number of morpholine rings is 1. The molecular weight excluding hydrogens is 514 g/mol. The van der Waals surface area contributed by atoms with Gasteiger partial charge in [0.15, 0.2) is 0 Å². The fraction of sp³-hybridized carbons (Fsp3) is 0.318. The summed E-state index contributed by atoms with van der Waals surface area (Å²) in [5.41, 5.74) is 2.96. The standard InChI is InChI=1S/C22H24ClN5O5S2/c1-14-9-16(3-4-17(14)27-7-8-33-13-21(27)29)28-12-15(26-20(28)11-25-35(2,31)32)10-24-22(30)18-5-6-19(23)34-18/h3-6,9,12,25H,7-8,10-11,13H2,1-2H3,(H,24,30). The second-order valence-corrected chi connectivity index (χ2v) is 11.5. The highest BCUT2D eigenvalue weighted by atomic mass is 35.5. The van der Waals surface area contributed by atoms with Crippen molar-refractivity contribution in [2.45, 2.75) is 20.0 Å². The number of carbonyl (C=O) groups is 2. The van der Waals surface area contributed by atoms with Crippen LogP contribution in [0.15, 0.2) is 36.5 Å². The summed E-state index contributed by atoms with van der Waals surface area (Å²) < 4.78 is 33.3. The van der Waals surface area contributed by atoms with Crippen LogP contribution in [0.5, 0.6) is 0 Å². The highest BCUT2D eigenvalue weighted by Crippen LogP contribution is 2.26. The van der Waals surface area contributed by atoms with Crippen molar-refractivity contribution >= 4 is 50.5 Å². The lowest BCUT2D eigenvalue weighted by molar-refractivity contribution is -0.125. The number of aryl methyl sites for hydroxylation is 1. The average molecular weight is 538 g/mol. The monoisotopic (exact) mass is 537 g/mol. The van der Waals surface area contributed by atoms with Gasteiger partial charge in [0.25, 0.3) is 11.8 Å². The lowest BCUT2D eigenvalue weighted by atomic mass is 10.1. The Hall–Kier alpha value is -2.77. The Bertz CT molecular complexity index is 1370. The molecule has 0 bridgehead atoms. The summed E-state index contributed by atoms with van der Waals surface area (Å²) in [7, 11) is -3.45. The third-order valence-corrected chi connectivity index (χ3v) is 7.18. The molecule has 0 unspecified atom stereocenters. The lowest BCUT2D eigenvalue weighted by Crippen LogP contribution is -2.42. The zero-order valence-corrected chi connectivity index (χ0v) is 21.5. The molecule has 35 heavy (non-hydrogen) atoms. The summed E-state index contributed by atoms with van der Waals surface area (Å²) in [6.07, 6.45) is 2.82. The first kappa shape index (κ1) is 25.3. The molecule has 3 heterocycles. The van der Waals surface area contributed by atoms with Crippen LogP contribution < -0.4 is 14.9 Å². The lowest BCUT2D eigenvalue weighted by Gasteiger charge is -2.28. The van der Waals surface area contributed by atoms with Crippen LogP contribution in [0.25, 0.3) is 5.69 Å². The quantitative estimate of drug-likeness (QED) is 0.454. The maximum Gasteiger partial charge on any atom is 0.261 e. The van der Waals surface area contributed by atoms with Gasteiger partial charge in [-0.25, -0.2) is 18.1 Å². The van der Waals surface area contributed by atoms with E-state index in [9.17, 15) is 18.0 Å². The SMILES string of the molecule is Cc1cc(-n2cc(CNC(=O)c3ccc(Cl)s3)nc2CNS(C)(=O)=O)ccc1N1CCOCC1=O. The van der Waals surface area contributed by atoms with Crippen molar-refractivity contribution < 1.29 is 22.7 Å². The van der Waals surface area contributed by atoms with Gasteiger partial charge in [0.1, 0.15) is 12.4 Å². The minimum atomic E-state index is -3.45. The predicted molar refractivity (Wildman–Crippen MR) is 134 cm³/mol. The molecule has 1 aromatic carbocycles. The summed E-state index contributed by atoms with van der Waals surface area (Å²) in [6, 6.07) is 8.89. The Morgan fingerprint density at radius 3 is 2.71 bits per heavy atom. The van der Waals surface area contributed by atoms with Crippen LogP contribution in [-0.2, 0) is 32.6 Å². The summed E-state index contributed by atoms with van der Waals surface area (Å²) >= 11 is 7.08. The number of hydrogen-bond donors (Lipinski definition) is 2. The molecule has 0 aliphatic carbocycles. The van der Waals surface area contributed by atoms with Crippen molar-refractivity contribution in [3.63, 3.8) is 0 Å². The molecule has 0 radical (unpaired) electrons. The summed E-state index contributed by atoms with van der Waals surface area (Å²) in [5.74, 6) is 0.0777. The molecule has 0 spiro atoms. The Morgan fingerprint density at radius 2 is 2.06 bits per heavy atom. The van der Waals surface area contributed by atoms with Crippen molar-refractivity contribution in [1.29, 1.82) is 0 Å². The number of thiophene rings is 1. The number of benzene rings is 1. The largest absolute Gasteiger partial charge is 0.370 e. The van der Waals surface area contributed by atoms with Crippen molar-refractivity contribution in [3.8, 4) is 5.69 Å². The van der Waals surface area contributed by atoms with Crippen LogP contribution in [0.3, 0.4) is 0 Å². The van der Waals surface area contributed by atoms with Gasteiger partial charge in [0.05, 0.1) is 40.9 Å². The number of hydrogen-bond acceptors (Lipinski definition) is 7. The molecular formula is C22H24ClN5O5S2. The van der Waals surface area contributed by atoms with E-state index in [1.165, 1.54) is 11.3 Å². The third kappa shape index (κ3) is 6.27. The highest BCUT2D eigenvalue weighted by Gasteiger charge is 2.22. The van der Waals surface area contributed by atoms with Gasteiger partial charge in [-0.1, -0.05) is 11.6 Å². The normalized spacial score (nSPS) is 14.4. The molecule has 4 rings (SSSR count).